The number of benzene rings is 1. The highest BCUT2D eigenvalue weighted by Gasteiger charge is 2.35. The van der Waals surface area contributed by atoms with E-state index in [1.54, 1.807) is 7.11 Å². The van der Waals surface area contributed by atoms with E-state index in [9.17, 15) is 9.59 Å². The summed E-state index contributed by atoms with van der Waals surface area (Å²) in [6.07, 6.45) is 2.72. The van der Waals surface area contributed by atoms with E-state index in [0.717, 1.165) is 37.2 Å². The van der Waals surface area contributed by atoms with Gasteiger partial charge in [-0.2, -0.15) is 0 Å². The average Bonchev–Trinajstić information content (AvgIpc) is 2.60. The van der Waals surface area contributed by atoms with Crippen molar-refractivity contribution in [3.63, 3.8) is 0 Å². The minimum absolute atomic E-state index is 0.0488. The number of ether oxygens (including phenoxy) is 1. The molecule has 6 nitrogen and oxygen atoms in total. The first-order chi connectivity index (χ1) is 12.4. The number of amides is 2. The van der Waals surface area contributed by atoms with E-state index < -0.39 is 0 Å². The summed E-state index contributed by atoms with van der Waals surface area (Å²) in [6, 6.07) is 4.38. The van der Waals surface area contributed by atoms with Crippen LogP contribution in [-0.2, 0) is 9.59 Å². The van der Waals surface area contributed by atoms with Gasteiger partial charge in [0, 0.05) is 25.1 Å². The summed E-state index contributed by atoms with van der Waals surface area (Å²) in [4.78, 5) is 26.3. The molecule has 0 spiro atoms. The molecule has 0 unspecified atom stereocenters. The zero-order chi connectivity index (χ0) is 18.8. The van der Waals surface area contributed by atoms with Crippen molar-refractivity contribution in [2.24, 2.45) is 5.92 Å². The molecule has 2 aliphatic heterocycles. The Morgan fingerprint density at radius 2 is 2.00 bits per heavy atom. The lowest BCUT2D eigenvalue weighted by molar-refractivity contribution is -0.117. The quantitative estimate of drug-likeness (QED) is 0.866. The zero-order valence-electron chi connectivity index (χ0n) is 16.1. The maximum Gasteiger partial charge on any atom is 0.225 e. The van der Waals surface area contributed by atoms with Crippen molar-refractivity contribution < 1.29 is 14.3 Å². The highest BCUT2D eigenvalue weighted by atomic mass is 16.5. The van der Waals surface area contributed by atoms with E-state index in [2.05, 4.69) is 29.4 Å². The Morgan fingerprint density at radius 3 is 2.58 bits per heavy atom. The van der Waals surface area contributed by atoms with Crippen LogP contribution in [0.15, 0.2) is 12.1 Å². The number of methoxy groups -OCH3 is 1. The molecule has 1 aromatic rings. The van der Waals surface area contributed by atoms with Gasteiger partial charge in [0.2, 0.25) is 11.8 Å². The molecule has 0 saturated carbocycles. The summed E-state index contributed by atoms with van der Waals surface area (Å²) in [7, 11) is 1.60. The Morgan fingerprint density at radius 1 is 1.31 bits per heavy atom. The topological polar surface area (TPSA) is 70.7 Å². The van der Waals surface area contributed by atoms with E-state index in [1.165, 1.54) is 6.92 Å². The molecule has 0 bridgehead atoms. The van der Waals surface area contributed by atoms with E-state index in [0.29, 0.717) is 29.8 Å². The third kappa shape index (κ3) is 3.85. The molecule has 0 aliphatic carbocycles. The van der Waals surface area contributed by atoms with Gasteiger partial charge in [0.05, 0.1) is 12.8 Å². The molecule has 26 heavy (non-hydrogen) atoms. The number of hydrogen-bond acceptors (Lipinski definition) is 4. The SMILES string of the molecule is COc1cc2c(cc1NC(C)=O)NC(=O)C[C@@H]2C1CCN(C(C)C)CC1. The first-order valence-electron chi connectivity index (χ1n) is 9.42. The van der Waals surface area contributed by atoms with Gasteiger partial charge in [0.1, 0.15) is 5.75 Å². The molecule has 1 saturated heterocycles. The van der Waals surface area contributed by atoms with Crippen LogP contribution in [0.4, 0.5) is 11.4 Å². The van der Waals surface area contributed by atoms with Gasteiger partial charge in [0.25, 0.3) is 0 Å². The molecule has 6 heteroatoms. The third-order valence-corrected chi connectivity index (χ3v) is 5.63. The lowest BCUT2D eigenvalue weighted by atomic mass is 9.75. The summed E-state index contributed by atoms with van der Waals surface area (Å²) in [6.45, 7) is 8.09. The second-order valence-electron chi connectivity index (χ2n) is 7.65. The van der Waals surface area contributed by atoms with Crippen LogP contribution in [0.5, 0.6) is 5.75 Å². The van der Waals surface area contributed by atoms with Gasteiger partial charge in [-0.05, 0) is 69.3 Å². The van der Waals surface area contributed by atoms with Gasteiger partial charge in [0.15, 0.2) is 0 Å². The number of rotatable bonds is 4. The van der Waals surface area contributed by atoms with Crippen molar-refractivity contribution in [2.75, 3.05) is 30.8 Å². The van der Waals surface area contributed by atoms with E-state index in [1.807, 2.05) is 12.1 Å². The monoisotopic (exact) mass is 359 g/mol. The highest BCUT2D eigenvalue weighted by Crippen LogP contribution is 2.45. The van der Waals surface area contributed by atoms with Crippen LogP contribution in [0.3, 0.4) is 0 Å². The molecule has 2 amide bonds. The second-order valence-corrected chi connectivity index (χ2v) is 7.65. The molecule has 3 rings (SSSR count). The lowest BCUT2D eigenvalue weighted by Gasteiger charge is -2.39. The van der Waals surface area contributed by atoms with Gasteiger partial charge in [-0.25, -0.2) is 0 Å². The van der Waals surface area contributed by atoms with Crippen LogP contribution in [0, 0.1) is 5.92 Å². The van der Waals surface area contributed by atoms with Crippen molar-refractivity contribution in [3.05, 3.63) is 17.7 Å². The van der Waals surface area contributed by atoms with Crippen LogP contribution in [0.25, 0.3) is 0 Å². The summed E-state index contributed by atoms with van der Waals surface area (Å²) in [5.74, 6) is 1.22. The van der Waals surface area contributed by atoms with Crippen molar-refractivity contribution in [1.82, 2.24) is 4.90 Å². The van der Waals surface area contributed by atoms with Crippen molar-refractivity contribution in [2.45, 2.75) is 52.0 Å². The number of carbonyl (C=O) groups excluding carboxylic acids is 2. The molecule has 142 valence electrons. The number of hydrogen-bond donors (Lipinski definition) is 2. The highest BCUT2D eigenvalue weighted by molar-refractivity contribution is 5.98. The van der Waals surface area contributed by atoms with Crippen LogP contribution in [0.2, 0.25) is 0 Å². The smallest absolute Gasteiger partial charge is 0.225 e. The molecule has 1 aromatic carbocycles. The largest absolute Gasteiger partial charge is 0.495 e. The van der Waals surface area contributed by atoms with Crippen LogP contribution in [0.1, 0.15) is 51.5 Å². The maximum absolute atomic E-state index is 12.3. The third-order valence-electron chi connectivity index (χ3n) is 5.63. The van der Waals surface area contributed by atoms with Crippen LogP contribution in [-0.4, -0.2) is 43.0 Å². The lowest BCUT2D eigenvalue weighted by Crippen LogP contribution is -2.40. The molecule has 2 N–H and O–H groups in total. The number of nitrogens with one attached hydrogen (secondary N) is 2. The predicted molar refractivity (Wildman–Crippen MR) is 103 cm³/mol. The average molecular weight is 359 g/mol. The fourth-order valence-corrected chi connectivity index (χ4v) is 4.24. The Balaban J connectivity index is 1.88. The molecular formula is C20H29N3O3. The van der Waals surface area contributed by atoms with Crippen molar-refractivity contribution >= 4 is 23.2 Å². The van der Waals surface area contributed by atoms with Gasteiger partial charge >= 0.3 is 0 Å². The number of likely N-dealkylation sites (tertiary alicyclic amines) is 1. The second kappa shape index (κ2) is 7.66. The van der Waals surface area contributed by atoms with Crippen LogP contribution < -0.4 is 15.4 Å². The molecule has 0 radical (unpaired) electrons. The number of carbonyl (C=O) groups is 2. The van der Waals surface area contributed by atoms with Gasteiger partial charge in [-0.3, -0.25) is 9.59 Å². The Bertz CT molecular complexity index is 694. The van der Waals surface area contributed by atoms with Crippen molar-refractivity contribution in [3.8, 4) is 5.75 Å². The molecular weight excluding hydrogens is 330 g/mol. The standard InChI is InChI=1S/C20H29N3O3/c1-12(2)23-7-5-14(6-8-23)15-10-20(25)22-17-11-18(21-13(3)24)19(26-4)9-16(15)17/h9,11-12,14-15H,5-8,10H2,1-4H3,(H,21,24)(H,22,25)/t15-/m1/s1. The molecule has 2 aliphatic rings. The van der Waals surface area contributed by atoms with Gasteiger partial charge in [-0.1, -0.05) is 0 Å². The minimum atomic E-state index is -0.164. The van der Waals surface area contributed by atoms with E-state index >= 15 is 0 Å². The van der Waals surface area contributed by atoms with Crippen molar-refractivity contribution in [1.29, 1.82) is 0 Å². The number of nitrogens with zero attached hydrogens (tertiary/aromatic N) is 1. The molecule has 2 heterocycles. The van der Waals surface area contributed by atoms with Gasteiger partial charge < -0.3 is 20.3 Å². The molecule has 0 aromatic heterocycles. The summed E-state index contributed by atoms with van der Waals surface area (Å²) in [5.41, 5.74) is 2.51. The Kier molecular flexibility index (Phi) is 5.51. The zero-order valence-corrected chi connectivity index (χ0v) is 16.1. The summed E-state index contributed by atoms with van der Waals surface area (Å²) in [5, 5.41) is 5.74. The van der Waals surface area contributed by atoms with Gasteiger partial charge in [-0.15, -0.1) is 0 Å². The fraction of sp³-hybridized carbons (Fsp3) is 0.600. The van der Waals surface area contributed by atoms with E-state index in [-0.39, 0.29) is 17.7 Å². The molecule has 1 fully saturated rings. The van der Waals surface area contributed by atoms with Crippen LogP contribution >= 0.6 is 0 Å². The minimum Gasteiger partial charge on any atom is -0.495 e. The Hall–Kier alpha value is -2.08. The fourth-order valence-electron chi connectivity index (χ4n) is 4.24. The molecule has 1 atom stereocenters. The first kappa shape index (κ1) is 18.7. The van der Waals surface area contributed by atoms with E-state index in [4.69, 9.17) is 4.74 Å². The number of fused-ring (bicyclic) bond motifs is 1. The Labute approximate surface area is 155 Å². The maximum atomic E-state index is 12.3. The number of piperidine rings is 1. The first-order valence-corrected chi connectivity index (χ1v) is 9.42. The summed E-state index contributed by atoms with van der Waals surface area (Å²) >= 11 is 0. The summed E-state index contributed by atoms with van der Waals surface area (Å²) < 4.78 is 5.49. The number of anilines is 2. The normalized spacial score (nSPS) is 21.3. The predicted octanol–water partition coefficient (Wildman–Crippen LogP) is 3.20.